The summed E-state index contributed by atoms with van der Waals surface area (Å²) in [5.74, 6) is 0. The molecule has 0 bridgehead atoms. The van der Waals surface area contributed by atoms with Crippen LogP contribution in [0.2, 0.25) is 0 Å². The average Bonchev–Trinajstić information content (AvgIpc) is 2.65. The van der Waals surface area contributed by atoms with E-state index in [1.165, 1.54) is 16.3 Å². The maximum Gasteiger partial charge on any atom is 0.0799 e. The van der Waals surface area contributed by atoms with Gasteiger partial charge in [-0.05, 0) is 21.5 Å². The van der Waals surface area contributed by atoms with Crippen LogP contribution < -0.4 is 5.19 Å². The Hall–Kier alpha value is -1.34. The van der Waals surface area contributed by atoms with E-state index in [2.05, 4.69) is 48.2 Å². The van der Waals surface area contributed by atoms with E-state index in [1.807, 2.05) is 0 Å². The second kappa shape index (κ2) is 2.57. The predicted molar refractivity (Wildman–Crippen MR) is 61.2 cm³/mol. The van der Waals surface area contributed by atoms with Crippen LogP contribution in [0, 0.1) is 0 Å². The van der Waals surface area contributed by atoms with Crippen LogP contribution in [0.3, 0.4) is 0 Å². The first-order valence-corrected chi connectivity index (χ1v) is 6.15. The first-order valence-electron chi connectivity index (χ1n) is 4.62. The lowest BCUT2D eigenvalue weighted by Gasteiger charge is -2.03. The molecule has 13 heavy (non-hydrogen) atoms. The van der Waals surface area contributed by atoms with Crippen LogP contribution in [0.25, 0.3) is 16.8 Å². The van der Waals surface area contributed by atoms with Crippen molar-refractivity contribution in [2.24, 2.45) is 0 Å². The molecule has 0 spiro atoms. The molecule has 0 atom stereocenters. The molecule has 1 heteroatoms. The molecule has 0 radical (unpaired) electrons. The zero-order chi connectivity index (χ0) is 8.67. The Morgan fingerprint density at radius 1 is 0.923 bits per heavy atom. The van der Waals surface area contributed by atoms with Crippen molar-refractivity contribution in [3.8, 4) is 0 Å². The largest absolute Gasteiger partial charge is 0.0955 e. The molecule has 2 aromatic carbocycles. The summed E-state index contributed by atoms with van der Waals surface area (Å²) in [4.78, 5) is 0. The average molecular weight is 182 g/mol. The Kier molecular flexibility index (Phi) is 1.40. The molecule has 0 saturated heterocycles. The van der Waals surface area contributed by atoms with Gasteiger partial charge >= 0.3 is 0 Å². The van der Waals surface area contributed by atoms with Gasteiger partial charge in [0.2, 0.25) is 0 Å². The van der Waals surface area contributed by atoms with Crippen molar-refractivity contribution < 1.29 is 0 Å². The van der Waals surface area contributed by atoms with Crippen LogP contribution in [0.5, 0.6) is 0 Å². The van der Waals surface area contributed by atoms with Crippen LogP contribution >= 0.6 is 0 Å². The van der Waals surface area contributed by atoms with Crippen LogP contribution in [0.4, 0.5) is 0 Å². The van der Waals surface area contributed by atoms with Gasteiger partial charge in [0.1, 0.15) is 0 Å². The Morgan fingerprint density at radius 3 is 2.85 bits per heavy atom. The minimum atomic E-state index is -0.111. The third-order valence-electron chi connectivity index (χ3n) is 2.70. The third kappa shape index (κ3) is 0.973. The zero-order valence-electron chi connectivity index (χ0n) is 7.33. The summed E-state index contributed by atoms with van der Waals surface area (Å²) in [6, 6.07) is 13.1. The van der Waals surface area contributed by atoms with Crippen LogP contribution in [0.1, 0.15) is 5.56 Å². The van der Waals surface area contributed by atoms with Gasteiger partial charge < -0.3 is 0 Å². The lowest BCUT2D eigenvalue weighted by molar-refractivity contribution is 1.76. The van der Waals surface area contributed by atoms with E-state index in [0.717, 1.165) is 0 Å². The topological polar surface area (TPSA) is 0 Å². The molecular weight excluding hydrogens is 172 g/mol. The van der Waals surface area contributed by atoms with Crippen molar-refractivity contribution in [2.75, 3.05) is 0 Å². The summed E-state index contributed by atoms with van der Waals surface area (Å²) in [6.07, 6.45) is 2.27. The molecule has 3 rings (SSSR count). The zero-order valence-corrected chi connectivity index (χ0v) is 8.74. The summed E-state index contributed by atoms with van der Waals surface area (Å²) in [5, 5.41) is 4.48. The summed E-state index contributed by atoms with van der Waals surface area (Å²) in [5.41, 5.74) is 3.82. The Morgan fingerprint density at radius 2 is 1.85 bits per heavy atom. The number of hydrogen-bond donors (Lipinski definition) is 0. The van der Waals surface area contributed by atoms with Gasteiger partial charge in [0, 0.05) is 0 Å². The molecule has 0 aromatic heterocycles. The van der Waals surface area contributed by atoms with Crippen molar-refractivity contribution in [3.05, 3.63) is 47.7 Å². The maximum absolute atomic E-state index is 2.37. The quantitative estimate of drug-likeness (QED) is 0.543. The molecule has 1 aliphatic rings. The Labute approximate surface area is 79.7 Å². The molecule has 0 saturated carbocycles. The summed E-state index contributed by atoms with van der Waals surface area (Å²) in [7, 11) is -0.111. The van der Waals surface area contributed by atoms with E-state index in [9.17, 15) is 0 Å². The normalized spacial score (nSPS) is 15.4. The molecule has 1 aliphatic heterocycles. The molecule has 0 fully saturated rings. The van der Waals surface area contributed by atoms with Crippen molar-refractivity contribution in [2.45, 2.75) is 0 Å². The van der Waals surface area contributed by atoms with E-state index in [1.54, 1.807) is 5.19 Å². The van der Waals surface area contributed by atoms with Crippen LogP contribution in [-0.4, -0.2) is 9.52 Å². The standard InChI is InChI=1S/C12H10Si/c1-2-4-11-9(3-1)5-6-10-7-8-13-12(10)11/h1-8H,13H2. The van der Waals surface area contributed by atoms with Crippen molar-refractivity contribution in [3.63, 3.8) is 0 Å². The van der Waals surface area contributed by atoms with Crippen LogP contribution in [-0.2, 0) is 0 Å². The minimum absolute atomic E-state index is 0.111. The molecule has 1 heterocycles. The number of rotatable bonds is 0. The second-order valence-corrected chi connectivity index (χ2v) is 5.05. The molecule has 0 N–H and O–H groups in total. The van der Waals surface area contributed by atoms with Gasteiger partial charge in [0.05, 0.1) is 9.52 Å². The fraction of sp³-hybridized carbons (Fsp3) is 0. The fourth-order valence-corrected chi connectivity index (χ4v) is 3.66. The first kappa shape index (κ1) is 7.10. The SMILES string of the molecule is C1=Cc2ccc3ccccc3c2[SiH2]1. The Balaban J connectivity index is 2.46. The molecule has 0 aliphatic carbocycles. The minimum Gasteiger partial charge on any atom is -0.0955 e. The summed E-state index contributed by atoms with van der Waals surface area (Å²) in [6.45, 7) is 0. The highest BCUT2D eigenvalue weighted by Gasteiger charge is 2.07. The monoisotopic (exact) mass is 182 g/mol. The van der Waals surface area contributed by atoms with Crippen molar-refractivity contribution >= 4 is 31.6 Å². The van der Waals surface area contributed by atoms with Crippen LogP contribution in [0.15, 0.2) is 42.1 Å². The molecule has 0 unspecified atom stereocenters. The summed E-state index contributed by atoms with van der Waals surface area (Å²) < 4.78 is 0. The third-order valence-corrected chi connectivity index (χ3v) is 4.37. The predicted octanol–water partition coefficient (Wildman–Crippen LogP) is 1.62. The van der Waals surface area contributed by atoms with Gasteiger partial charge in [-0.25, -0.2) is 0 Å². The van der Waals surface area contributed by atoms with Crippen molar-refractivity contribution in [1.29, 1.82) is 0 Å². The number of benzene rings is 2. The Bertz CT molecular complexity index is 497. The van der Waals surface area contributed by atoms with Gasteiger partial charge in [-0.15, -0.1) is 0 Å². The highest BCUT2D eigenvalue weighted by Crippen LogP contribution is 2.16. The highest BCUT2D eigenvalue weighted by atomic mass is 28.2. The lowest BCUT2D eigenvalue weighted by Crippen LogP contribution is -2.12. The molecule has 2 aromatic rings. The number of hydrogen-bond acceptors (Lipinski definition) is 0. The van der Waals surface area contributed by atoms with Crippen molar-refractivity contribution in [1.82, 2.24) is 0 Å². The van der Waals surface area contributed by atoms with Gasteiger partial charge in [-0.1, -0.05) is 48.2 Å². The van der Waals surface area contributed by atoms with Gasteiger partial charge in [0.25, 0.3) is 0 Å². The highest BCUT2D eigenvalue weighted by molar-refractivity contribution is 6.65. The summed E-state index contributed by atoms with van der Waals surface area (Å²) >= 11 is 0. The molecule has 0 amide bonds. The smallest absolute Gasteiger partial charge is 0.0799 e. The molecule has 0 nitrogen and oxygen atoms in total. The van der Waals surface area contributed by atoms with E-state index in [4.69, 9.17) is 0 Å². The lowest BCUT2D eigenvalue weighted by atomic mass is 10.1. The number of fused-ring (bicyclic) bond motifs is 3. The maximum atomic E-state index is 2.37. The first-order chi connectivity index (χ1) is 6.45. The van der Waals surface area contributed by atoms with Gasteiger partial charge in [-0.3, -0.25) is 0 Å². The van der Waals surface area contributed by atoms with Gasteiger partial charge in [0.15, 0.2) is 0 Å². The fourth-order valence-electron chi connectivity index (χ4n) is 2.04. The van der Waals surface area contributed by atoms with Gasteiger partial charge in [-0.2, -0.15) is 0 Å². The molecular formula is C12H10Si. The van der Waals surface area contributed by atoms with E-state index in [0.29, 0.717) is 0 Å². The molecule has 62 valence electrons. The second-order valence-electron chi connectivity index (χ2n) is 3.46. The van der Waals surface area contributed by atoms with E-state index in [-0.39, 0.29) is 9.52 Å². The van der Waals surface area contributed by atoms with E-state index < -0.39 is 0 Å². The van der Waals surface area contributed by atoms with E-state index >= 15 is 0 Å².